The van der Waals surface area contributed by atoms with Gasteiger partial charge in [0.2, 0.25) is 6.43 Å². The average molecular weight is 277 g/mol. The van der Waals surface area contributed by atoms with Gasteiger partial charge in [-0.1, -0.05) is 29.3 Å². The Hall–Kier alpha value is -0.0900. The summed E-state index contributed by atoms with van der Waals surface area (Å²) in [5.74, 6) is 0. The second kappa shape index (κ2) is 6.48. The lowest BCUT2D eigenvalue weighted by molar-refractivity contribution is 0.128. The van der Waals surface area contributed by atoms with E-state index in [1.165, 1.54) is 6.07 Å². The van der Waals surface area contributed by atoms with E-state index in [0.717, 1.165) is 0 Å². The van der Waals surface area contributed by atoms with Crippen LogP contribution in [0.3, 0.4) is 0 Å². The van der Waals surface area contributed by atoms with Crippen molar-refractivity contribution in [1.82, 2.24) is 0 Å². The van der Waals surface area contributed by atoms with E-state index in [2.05, 4.69) is 0 Å². The van der Waals surface area contributed by atoms with Gasteiger partial charge in [0.15, 0.2) is 0 Å². The molecule has 0 saturated carbocycles. The molecule has 0 amide bonds. The van der Waals surface area contributed by atoms with Gasteiger partial charge in [0, 0.05) is 12.5 Å². The number of halogens is 5. The number of benzene rings is 1. The first-order valence-electron chi connectivity index (χ1n) is 3.99. The summed E-state index contributed by atoms with van der Waals surface area (Å²) in [7, 11) is 0. The Morgan fingerprint density at radius 3 is 2.27 bits per heavy atom. The molecule has 0 radical (unpaired) electrons. The third kappa shape index (κ3) is 4.51. The van der Waals surface area contributed by atoms with Gasteiger partial charge in [-0.25, -0.2) is 8.78 Å². The van der Waals surface area contributed by atoms with Gasteiger partial charge in [0.05, 0.1) is 10.0 Å². The van der Waals surface area contributed by atoms with E-state index < -0.39 is 12.5 Å². The van der Waals surface area contributed by atoms with Gasteiger partial charge >= 0.3 is 0 Å². The highest BCUT2D eigenvalue weighted by atomic mass is 35.5. The molecular weight excluding hydrogens is 266 g/mol. The smallest absolute Gasteiger partial charge is 0.240 e. The molecule has 0 fully saturated rings. The number of hydrogen-bond acceptors (Lipinski definition) is 1. The monoisotopic (exact) mass is 275 g/mol. The Bertz CT molecular complexity index is 320. The summed E-state index contributed by atoms with van der Waals surface area (Å²) in [4.78, 5) is 0. The van der Waals surface area contributed by atoms with Crippen LogP contribution < -0.4 is 5.73 Å². The summed E-state index contributed by atoms with van der Waals surface area (Å²) >= 11 is 11.4. The van der Waals surface area contributed by atoms with Gasteiger partial charge in [0.1, 0.15) is 0 Å². The highest BCUT2D eigenvalue weighted by molar-refractivity contribution is 6.42. The summed E-state index contributed by atoms with van der Waals surface area (Å²) in [5.41, 5.74) is 6.10. The quantitative estimate of drug-likeness (QED) is 0.885. The molecular formula is C9H10Cl3F2N. The first-order chi connectivity index (χ1) is 6.50. The number of alkyl halides is 2. The minimum absolute atomic E-state index is 0. The zero-order valence-corrected chi connectivity index (χ0v) is 9.92. The van der Waals surface area contributed by atoms with E-state index in [1.54, 1.807) is 12.1 Å². The molecule has 1 aromatic rings. The lowest BCUT2D eigenvalue weighted by Crippen LogP contribution is -2.13. The molecule has 0 aliphatic rings. The zero-order valence-electron chi connectivity index (χ0n) is 7.59. The first-order valence-corrected chi connectivity index (χ1v) is 4.75. The average Bonchev–Trinajstić information content (AvgIpc) is 2.08. The normalized spacial score (nSPS) is 12.4. The molecule has 0 aromatic heterocycles. The molecule has 0 bridgehead atoms. The van der Waals surface area contributed by atoms with E-state index in [0.29, 0.717) is 15.6 Å². The van der Waals surface area contributed by atoms with E-state index in [1.807, 2.05) is 0 Å². The Morgan fingerprint density at radius 1 is 1.20 bits per heavy atom. The van der Waals surface area contributed by atoms with Crippen LogP contribution in [-0.4, -0.2) is 6.43 Å². The van der Waals surface area contributed by atoms with Gasteiger partial charge in [-0.15, -0.1) is 12.4 Å². The Balaban J connectivity index is 0.00000196. The Morgan fingerprint density at radius 2 is 1.80 bits per heavy atom. The molecule has 0 heterocycles. The van der Waals surface area contributed by atoms with Crippen LogP contribution in [0.15, 0.2) is 18.2 Å². The molecule has 1 aromatic carbocycles. The van der Waals surface area contributed by atoms with Crippen molar-refractivity contribution >= 4 is 35.6 Å². The van der Waals surface area contributed by atoms with Crippen LogP contribution in [-0.2, 0) is 0 Å². The SMILES string of the molecule is Cl.N[C@@H](CC(F)F)c1ccc(Cl)c(Cl)c1. The van der Waals surface area contributed by atoms with Gasteiger partial charge < -0.3 is 5.73 Å². The Kier molecular flexibility index (Phi) is 6.44. The standard InChI is InChI=1S/C9H9Cl2F2N.ClH/c10-6-2-1-5(3-7(6)11)8(14)4-9(12)13;/h1-3,8-9H,4,14H2;1H/t8-;/m0./s1. The third-order valence-electron chi connectivity index (χ3n) is 1.80. The van der Waals surface area contributed by atoms with Crippen molar-refractivity contribution in [3.8, 4) is 0 Å². The molecule has 1 rings (SSSR count). The number of rotatable bonds is 3. The van der Waals surface area contributed by atoms with Crippen molar-refractivity contribution in [1.29, 1.82) is 0 Å². The summed E-state index contributed by atoms with van der Waals surface area (Å²) in [5, 5.41) is 0.716. The fraction of sp³-hybridized carbons (Fsp3) is 0.333. The van der Waals surface area contributed by atoms with Crippen molar-refractivity contribution in [2.45, 2.75) is 18.9 Å². The molecule has 1 nitrogen and oxygen atoms in total. The molecule has 0 unspecified atom stereocenters. The number of nitrogens with two attached hydrogens (primary N) is 1. The van der Waals surface area contributed by atoms with E-state index in [-0.39, 0.29) is 18.8 Å². The van der Waals surface area contributed by atoms with Crippen LogP contribution >= 0.6 is 35.6 Å². The van der Waals surface area contributed by atoms with Crippen molar-refractivity contribution in [2.24, 2.45) is 5.73 Å². The zero-order chi connectivity index (χ0) is 10.7. The van der Waals surface area contributed by atoms with Crippen LogP contribution in [0, 0.1) is 0 Å². The third-order valence-corrected chi connectivity index (χ3v) is 2.54. The maximum Gasteiger partial charge on any atom is 0.240 e. The predicted octanol–water partition coefficient (Wildman–Crippen LogP) is 4.07. The molecule has 1 atom stereocenters. The van der Waals surface area contributed by atoms with Crippen LogP contribution in [0.2, 0.25) is 10.0 Å². The molecule has 0 aliphatic carbocycles. The van der Waals surface area contributed by atoms with Gasteiger partial charge in [-0.05, 0) is 17.7 Å². The van der Waals surface area contributed by atoms with Crippen LogP contribution in [0.25, 0.3) is 0 Å². The topological polar surface area (TPSA) is 26.0 Å². The van der Waals surface area contributed by atoms with Gasteiger partial charge in [0.25, 0.3) is 0 Å². The molecule has 0 spiro atoms. The molecule has 15 heavy (non-hydrogen) atoms. The summed E-state index contributed by atoms with van der Waals surface area (Å²) in [6, 6.07) is 3.95. The van der Waals surface area contributed by atoms with Crippen LogP contribution in [0.5, 0.6) is 0 Å². The van der Waals surface area contributed by atoms with Crippen LogP contribution in [0.4, 0.5) is 8.78 Å². The largest absolute Gasteiger partial charge is 0.324 e. The van der Waals surface area contributed by atoms with Crippen molar-refractivity contribution in [3.63, 3.8) is 0 Å². The molecule has 0 saturated heterocycles. The van der Waals surface area contributed by atoms with Crippen molar-refractivity contribution < 1.29 is 8.78 Å². The highest BCUT2D eigenvalue weighted by Gasteiger charge is 2.13. The maximum absolute atomic E-state index is 12.0. The van der Waals surface area contributed by atoms with E-state index in [4.69, 9.17) is 28.9 Å². The molecule has 2 N–H and O–H groups in total. The fourth-order valence-electron chi connectivity index (χ4n) is 1.07. The van der Waals surface area contributed by atoms with Crippen molar-refractivity contribution in [2.75, 3.05) is 0 Å². The predicted molar refractivity (Wildman–Crippen MR) is 61.3 cm³/mol. The summed E-state index contributed by atoms with van der Waals surface area (Å²) < 4.78 is 24.0. The molecule has 86 valence electrons. The second-order valence-corrected chi connectivity index (χ2v) is 3.72. The van der Waals surface area contributed by atoms with Gasteiger partial charge in [-0.2, -0.15) is 0 Å². The van der Waals surface area contributed by atoms with Gasteiger partial charge in [-0.3, -0.25) is 0 Å². The molecule has 6 heteroatoms. The lowest BCUT2D eigenvalue weighted by atomic mass is 10.1. The maximum atomic E-state index is 12.0. The first kappa shape index (κ1) is 14.9. The lowest BCUT2D eigenvalue weighted by Gasteiger charge is -2.11. The number of hydrogen-bond donors (Lipinski definition) is 1. The fourth-order valence-corrected chi connectivity index (χ4v) is 1.38. The van der Waals surface area contributed by atoms with Crippen molar-refractivity contribution in [3.05, 3.63) is 33.8 Å². The Labute approximate surface area is 103 Å². The minimum Gasteiger partial charge on any atom is -0.324 e. The summed E-state index contributed by atoms with van der Waals surface area (Å²) in [6.07, 6.45) is -2.79. The highest BCUT2D eigenvalue weighted by Crippen LogP contribution is 2.26. The van der Waals surface area contributed by atoms with E-state index in [9.17, 15) is 8.78 Å². The van der Waals surface area contributed by atoms with E-state index >= 15 is 0 Å². The minimum atomic E-state index is -2.42. The van der Waals surface area contributed by atoms with Crippen LogP contribution in [0.1, 0.15) is 18.0 Å². The molecule has 0 aliphatic heterocycles. The second-order valence-electron chi connectivity index (χ2n) is 2.91. The summed E-state index contributed by atoms with van der Waals surface area (Å²) in [6.45, 7) is 0.